The third-order valence-corrected chi connectivity index (χ3v) is 16.6. The Labute approximate surface area is 262 Å². The van der Waals surface area contributed by atoms with Crippen LogP contribution >= 0.6 is 0 Å². The fraction of sp³-hybridized carbons (Fsp3) is 0.333. The molecular formula is C33H39Cl3SiTi. The molecule has 0 saturated carbocycles. The molecule has 1 aliphatic rings. The van der Waals surface area contributed by atoms with Crippen LogP contribution in [0.2, 0.25) is 5.04 Å². The van der Waals surface area contributed by atoms with Crippen LogP contribution in [0.15, 0.2) is 87.3 Å². The smallest absolute Gasteiger partial charge is 1.00 e. The molecule has 2 atom stereocenters. The van der Waals surface area contributed by atoms with Gasteiger partial charge in [-0.2, -0.15) is 0 Å². The second kappa shape index (κ2) is 13.5. The summed E-state index contributed by atoms with van der Waals surface area (Å²) in [5.74, 6) is 0. The minimum atomic E-state index is -2.61. The molecule has 0 aliphatic heterocycles. The van der Waals surface area contributed by atoms with E-state index in [2.05, 4.69) is 143 Å². The molecule has 0 nitrogen and oxygen atoms in total. The molecule has 0 saturated heterocycles. The molecular weight excluding hydrogens is 579 g/mol. The van der Waals surface area contributed by atoms with Gasteiger partial charge in [-0.25, -0.2) is 0 Å². The van der Waals surface area contributed by atoms with Gasteiger partial charge in [0.25, 0.3) is 0 Å². The van der Waals surface area contributed by atoms with Crippen LogP contribution in [0.1, 0.15) is 63.8 Å². The van der Waals surface area contributed by atoms with E-state index in [1.54, 1.807) is 19.8 Å². The molecule has 0 heterocycles. The zero-order chi connectivity index (χ0) is 25.5. The van der Waals surface area contributed by atoms with Crippen molar-refractivity contribution in [2.45, 2.75) is 73.3 Å². The van der Waals surface area contributed by atoms with Gasteiger partial charge in [-0.1, -0.05) is 0 Å². The Morgan fingerprint density at radius 2 is 1.24 bits per heavy atom. The maximum Gasteiger partial charge on any atom is -1.00 e. The van der Waals surface area contributed by atoms with Gasteiger partial charge in [-0.15, -0.1) is 0 Å². The SMILES string of the molecule is CCc1cc(CC)cc([Si](c2ccccc2)(c2cccc(C)c2C)C2(C)C(C)=C(C)C(C)=[C]2[Ti+3])c1.[Cl-].[Cl-].[Cl-]. The van der Waals surface area contributed by atoms with Crippen molar-refractivity contribution in [2.24, 2.45) is 0 Å². The number of aryl methyl sites for hydroxylation is 3. The van der Waals surface area contributed by atoms with E-state index in [4.69, 9.17) is 0 Å². The molecule has 0 spiro atoms. The van der Waals surface area contributed by atoms with E-state index in [-0.39, 0.29) is 42.3 Å². The third kappa shape index (κ3) is 5.20. The van der Waals surface area contributed by atoms with E-state index in [1.807, 2.05) is 0 Å². The summed E-state index contributed by atoms with van der Waals surface area (Å²) in [4.78, 5) is 0. The van der Waals surface area contributed by atoms with Crippen molar-refractivity contribution in [3.63, 3.8) is 0 Å². The van der Waals surface area contributed by atoms with Crippen molar-refractivity contribution in [1.29, 1.82) is 0 Å². The largest absolute Gasteiger partial charge is 1.00 e. The van der Waals surface area contributed by atoms with Crippen molar-refractivity contribution < 1.29 is 57.7 Å². The predicted molar refractivity (Wildman–Crippen MR) is 152 cm³/mol. The molecule has 1 aliphatic carbocycles. The Morgan fingerprint density at radius 1 is 0.684 bits per heavy atom. The maximum absolute atomic E-state index is 2.61. The topological polar surface area (TPSA) is 0 Å². The summed E-state index contributed by atoms with van der Waals surface area (Å²) in [5, 5.41) is 4.56. The monoisotopic (exact) mass is 616 g/mol. The Hall–Kier alpha value is -1.06. The molecule has 200 valence electrons. The summed E-state index contributed by atoms with van der Waals surface area (Å²) in [7, 11) is -2.61. The molecule has 0 fully saturated rings. The number of halogens is 3. The van der Waals surface area contributed by atoms with Crippen LogP contribution in [0.4, 0.5) is 0 Å². The van der Waals surface area contributed by atoms with Gasteiger partial charge in [-0.05, 0) is 0 Å². The normalized spacial score (nSPS) is 18.4. The van der Waals surface area contributed by atoms with Gasteiger partial charge in [0.2, 0.25) is 0 Å². The van der Waals surface area contributed by atoms with Crippen molar-refractivity contribution in [3.05, 3.63) is 110 Å². The molecule has 38 heavy (non-hydrogen) atoms. The second-order valence-corrected chi connectivity index (χ2v) is 15.5. The maximum atomic E-state index is 2.57. The minimum Gasteiger partial charge on any atom is -1.00 e. The molecule has 2 unspecified atom stereocenters. The van der Waals surface area contributed by atoms with E-state index in [9.17, 15) is 0 Å². The fourth-order valence-corrected chi connectivity index (χ4v) is 14.5. The standard InChI is InChI=1S/C33H39Si.3ClH.Ti/c1-9-28-19-29(10-2)21-31(20-28)34(30-16-12-11-13-17-30,32-18-14-15-23(3)26(32)6)33(8)22-24(4)25(5)27(33)7;;;;/h11-21H,9-10H2,1-8H3;3*1H;/q;;;;+3/p-3. The first kappa shape index (κ1) is 35.0. The van der Waals surface area contributed by atoms with Gasteiger partial charge < -0.3 is 37.2 Å². The average molecular weight is 618 g/mol. The number of hydrogen-bond donors (Lipinski definition) is 0. The quantitative estimate of drug-likeness (QED) is 0.219. The first-order valence-corrected chi connectivity index (χ1v) is 15.8. The van der Waals surface area contributed by atoms with Crippen LogP contribution < -0.4 is 52.8 Å². The molecule has 0 aromatic heterocycles. The first-order chi connectivity index (χ1) is 16.6. The van der Waals surface area contributed by atoms with Crippen LogP contribution in [-0.4, -0.2) is 8.07 Å². The number of allylic oxidation sites excluding steroid dienone is 4. The Morgan fingerprint density at radius 3 is 1.71 bits per heavy atom. The summed E-state index contributed by atoms with van der Waals surface area (Å²) >= 11 is 2.41. The molecule has 4 rings (SSSR count). The van der Waals surface area contributed by atoms with Gasteiger partial charge in [0.1, 0.15) is 0 Å². The molecule has 3 aromatic carbocycles. The summed E-state index contributed by atoms with van der Waals surface area (Å²) in [6.45, 7) is 18.9. The van der Waals surface area contributed by atoms with Gasteiger partial charge in [0.15, 0.2) is 0 Å². The summed E-state index contributed by atoms with van der Waals surface area (Å²) in [6, 6.07) is 26.1. The van der Waals surface area contributed by atoms with Gasteiger partial charge in [-0.3, -0.25) is 0 Å². The number of hydrogen-bond acceptors (Lipinski definition) is 0. The van der Waals surface area contributed by atoms with E-state index < -0.39 is 8.07 Å². The van der Waals surface area contributed by atoms with Crippen LogP contribution in [0.5, 0.6) is 0 Å². The molecule has 0 amide bonds. The number of benzene rings is 3. The zero-order valence-corrected chi connectivity index (χ0v) is 28.7. The fourth-order valence-electron chi connectivity index (χ4n) is 6.43. The predicted octanol–water partition coefficient (Wildman–Crippen LogP) is -2.16. The first-order valence-electron chi connectivity index (χ1n) is 13.0. The summed E-state index contributed by atoms with van der Waals surface area (Å²) < 4.78 is 1.55. The van der Waals surface area contributed by atoms with Crippen LogP contribution in [0.3, 0.4) is 0 Å². The molecule has 0 bridgehead atoms. The third-order valence-electron chi connectivity index (χ3n) is 9.02. The minimum absolute atomic E-state index is 0. The Bertz CT molecular complexity index is 1300. The molecule has 0 radical (unpaired) electrons. The van der Waals surface area contributed by atoms with E-state index in [0.29, 0.717) is 0 Å². The Balaban J connectivity index is 0.00000241. The molecule has 5 heteroatoms. The van der Waals surface area contributed by atoms with Crippen molar-refractivity contribution >= 4 is 23.6 Å². The number of rotatable bonds is 6. The van der Waals surface area contributed by atoms with Gasteiger partial charge in [0.05, 0.1) is 0 Å². The van der Waals surface area contributed by atoms with Crippen molar-refractivity contribution in [3.8, 4) is 0 Å². The van der Waals surface area contributed by atoms with Crippen LogP contribution in [-0.2, 0) is 33.3 Å². The second-order valence-electron chi connectivity index (χ2n) is 10.5. The van der Waals surface area contributed by atoms with Crippen molar-refractivity contribution in [2.75, 3.05) is 0 Å². The Kier molecular flexibility index (Phi) is 12.5. The summed E-state index contributed by atoms with van der Waals surface area (Å²) in [6.07, 6.45) is 2.12. The molecule has 3 aromatic rings. The van der Waals surface area contributed by atoms with Crippen LogP contribution in [0, 0.1) is 13.8 Å². The van der Waals surface area contributed by atoms with E-state index >= 15 is 0 Å². The van der Waals surface area contributed by atoms with Gasteiger partial charge in [0, 0.05) is 0 Å². The average Bonchev–Trinajstić information content (AvgIpc) is 3.03. The van der Waals surface area contributed by atoms with E-state index in [0.717, 1.165) is 12.8 Å². The van der Waals surface area contributed by atoms with Crippen LogP contribution in [0.25, 0.3) is 0 Å². The van der Waals surface area contributed by atoms with Crippen molar-refractivity contribution in [1.82, 2.24) is 0 Å². The zero-order valence-electron chi connectivity index (χ0n) is 23.9. The van der Waals surface area contributed by atoms with E-state index in [1.165, 1.54) is 38.6 Å². The molecule has 0 N–H and O–H groups in total. The van der Waals surface area contributed by atoms with Gasteiger partial charge >= 0.3 is 227 Å². The summed E-state index contributed by atoms with van der Waals surface area (Å²) in [5.41, 5.74) is 10.2.